The van der Waals surface area contributed by atoms with Gasteiger partial charge in [0.2, 0.25) is 0 Å². The monoisotopic (exact) mass is 403 g/mol. The molecule has 9 heteroatoms. The quantitative estimate of drug-likeness (QED) is 0.589. The molecule has 0 radical (unpaired) electrons. The van der Waals surface area contributed by atoms with Gasteiger partial charge in [0.15, 0.2) is 23.2 Å². The van der Waals surface area contributed by atoms with Gasteiger partial charge in [0.05, 0.1) is 18.4 Å². The largest absolute Gasteiger partial charge is 0.396 e. The fraction of sp³-hybridized carbons (Fsp3) is 0.263. The van der Waals surface area contributed by atoms with E-state index in [1.54, 1.807) is 22.5 Å². The molecule has 0 atom stereocenters. The molecule has 28 heavy (non-hydrogen) atoms. The zero-order valence-electron chi connectivity index (χ0n) is 15.2. The highest BCUT2D eigenvalue weighted by atomic mass is 32.2. The van der Waals surface area contributed by atoms with E-state index in [1.807, 2.05) is 0 Å². The van der Waals surface area contributed by atoms with Gasteiger partial charge >= 0.3 is 0 Å². The summed E-state index contributed by atoms with van der Waals surface area (Å²) < 4.78 is 29.6. The summed E-state index contributed by atoms with van der Waals surface area (Å²) in [6, 6.07) is 6.18. The molecule has 1 aliphatic heterocycles. The number of benzene rings is 1. The van der Waals surface area contributed by atoms with Crippen molar-refractivity contribution in [1.29, 1.82) is 0 Å². The van der Waals surface area contributed by atoms with Crippen LogP contribution in [0.1, 0.15) is 24.7 Å². The van der Waals surface area contributed by atoms with E-state index in [4.69, 9.17) is 5.73 Å². The summed E-state index contributed by atoms with van der Waals surface area (Å²) in [6.07, 6.45) is 3.32. The molecule has 2 aromatic rings. The van der Waals surface area contributed by atoms with Crippen LogP contribution in [-0.2, 0) is 11.3 Å². The Bertz CT molecular complexity index is 942. The molecule has 2 heterocycles. The highest BCUT2D eigenvalue weighted by Crippen LogP contribution is 2.29. The second-order valence-electron chi connectivity index (χ2n) is 6.10. The molecule has 146 valence electrons. The van der Waals surface area contributed by atoms with E-state index in [-0.39, 0.29) is 35.4 Å². The van der Waals surface area contributed by atoms with E-state index in [0.717, 1.165) is 18.4 Å². The summed E-state index contributed by atoms with van der Waals surface area (Å²) in [5.74, 6) is -0.120. The van der Waals surface area contributed by atoms with Gasteiger partial charge in [0.1, 0.15) is 11.5 Å². The number of hydrogen-bond donors (Lipinski definition) is 1. The molecule has 0 saturated carbocycles. The third-order valence-corrected chi connectivity index (χ3v) is 5.14. The average molecular weight is 403 g/mol. The van der Waals surface area contributed by atoms with E-state index in [2.05, 4.69) is 15.0 Å². The molecule has 0 aliphatic carbocycles. The van der Waals surface area contributed by atoms with E-state index in [1.165, 1.54) is 31.0 Å². The first kappa shape index (κ1) is 19.9. The molecule has 0 bridgehead atoms. The second kappa shape index (κ2) is 8.92. The molecular weight excluding hydrogens is 384 g/mol. The van der Waals surface area contributed by atoms with Crippen LogP contribution < -0.4 is 10.0 Å². The van der Waals surface area contributed by atoms with Crippen molar-refractivity contribution in [1.82, 2.24) is 9.97 Å². The van der Waals surface area contributed by atoms with Crippen molar-refractivity contribution < 1.29 is 13.6 Å². The first-order valence-corrected chi connectivity index (χ1v) is 9.59. The highest BCUT2D eigenvalue weighted by molar-refractivity contribution is 8.00. The summed E-state index contributed by atoms with van der Waals surface area (Å²) in [5, 5.41) is 0. The summed E-state index contributed by atoms with van der Waals surface area (Å²) in [7, 11) is 0. The van der Waals surface area contributed by atoms with Crippen molar-refractivity contribution in [2.45, 2.75) is 19.9 Å². The number of aliphatic imine (C=N–C) groups is 1. The summed E-state index contributed by atoms with van der Waals surface area (Å²) in [6.45, 7) is 2.01. The normalized spacial score (nSPS) is 15.2. The molecule has 2 N–H and O–H groups in total. The Morgan fingerprint density at radius 3 is 2.82 bits per heavy atom. The van der Waals surface area contributed by atoms with Gasteiger partial charge in [-0.1, -0.05) is 18.2 Å². The summed E-state index contributed by atoms with van der Waals surface area (Å²) in [4.78, 5) is 24.2. The maximum absolute atomic E-state index is 14.1. The molecule has 1 saturated heterocycles. The van der Waals surface area contributed by atoms with Gasteiger partial charge in [0, 0.05) is 24.8 Å². The first-order chi connectivity index (χ1) is 13.5. The van der Waals surface area contributed by atoms with E-state index in [9.17, 15) is 13.6 Å². The molecular formula is C19H19F2N5OS. The Labute approximate surface area is 165 Å². The zero-order valence-corrected chi connectivity index (χ0v) is 16.0. The number of nitrogens with zero attached hydrogens (tertiary/aromatic N) is 4. The van der Waals surface area contributed by atoms with E-state index in [0.29, 0.717) is 12.1 Å². The minimum atomic E-state index is -0.536. The van der Waals surface area contributed by atoms with Crippen molar-refractivity contribution in [3.05, 3.63) is 59.6 Å². The summed E-state index contributed by atoms with van der Waals surface area (Å²) in [5.41, 5.74) is 6.53. The lowest BCUT2D eigenvalue weighted by atomic mass is 10.2. The van der Waals surface area contributed by atoms with Crippen molar-refractivity contribution in [2.75, 3.05) is 16.6 Å². The van der Waals surface area contributed by atoms with Crippen LogP contribution in [0, 0.1) is 11.6 Å². The van der Waals surface area contributed by atoms with Gasteiger partial charge in [-0.15, -0.1) is 0 Å². The zero-order chi connectivity index (χ0) is 20.1. The van der Waals surface area contributed by atoms with Crippen LogP contribution in [0.15, 0.2) is 41.5 Å². The molecule has 0 spiro atoms. The summed E-state index contributed by atoms with van der Waals surface area (Å²) >= 11 is 1.49. The standard InChI is InChI=1S/C19H19F2N5OS/c1-12(27)17(23-10-13-5-2-3-6-14(13)20)9-16(22)18-24-11-15(21)19(25-18)26-7-4-8-28-26/h2-3,5-6,9,11H,4,7-8,10,22H2,1H3. The van der Waals surface area contributed by atoms with Crippen molar-refractivity contribution in [3.63, 3.8) is 0 Å². The topological polar surface area (TPSA) is 84.5 Å². The van der Waals surface area contributed by atoms with Crippen LogP contribution in [0.3, 0.4) is 0 Å². The number of rotatable bonds is 6. The predicted molar refractivity (Wildman–Crippen MR) is 107 cm³/mol. The number of halogens is 2. The van der Waals surface area contributed by atoms with Crippen LogP contribution in [0.2, 0.25) is 0 Å². The highest BCUT2D eigenvalue weighted by Gasteiger charge is 2.20. The Kier molecular flexibility index (Phi) is 6.35. The van der Waals surface area contributed by atoms with Crippen molar-refractivity contribution in [3.8, 4) is 0 Å². The Morgan fingerprint density at radius 2 is 2.14 bits per heavy atom. The lowest BCUT2D eigenvalue weighted by Crippen LogP contribution is -2.16. The number of ketones is 1. The van der Waals surface area contributed by atoms with Crippen LogP contribution in [-0.4, -0.2) is 33.8 Å². The van der Waals surface area contributed by atoms with Crippen LogP contribution in [0.25, 0.3) is 5.70 Å². The molecule has 6 nitrogen and oxygen atoms in total. The number of carbonyl (C=O) groups is 1. The van der Waals surface area contributed by atoms with Gasteiger partial charge in [-0.05, 0) is 30.5 Å². The SMILES string of the molecule is CC(=O)C(C=C(N)c1ncc(F)c(N2CCCS2)n1)=NCc1ccccc1F. The Balaban J connectivity index is 1.87. The number of aromatic nitrogens is 2. The number of Topliss-reactive ketones (excluding diaryl/α,β-unsaturated/α-hetero) is 1. The maximum atomic E-state index is 14.1. The van der Waals surface area contributed by atoms with Crippen molar-refractivity contribution >= 4 is 35.0 Å². The number of anilines is 1. The fourth-order valence-corrected chi connectivity index (χ4v) is 3.54. The van der Waals surface area contributed by atoms with Gasteiger partial charge in [-0.3, -0.25) is 14.1 Å². The third kappa shape index (κ3) is 4.72. The maximum Gasteiger partial charge on any atom is 0.184 e. The molecule has 3 rings (SSSR count). The number of nitrogens with two attached hydrogens (primary N) is 1. The Morgan fingerprint density at radius 1 is 1.36 bits per heavy atom. The van der Waals surface area contributed by atoms with Crippen LogP contribution in [0.5, 0.6) is 0 Å². The predicted octanol–water partition coefficient (Wildman–Crippen LogP) is 3.14. The van der Waals surface area contributed by atoms with Crippen molar-refractivity contribution in [2.24, 2.45) is 10.7 Å². The minimum absolute atomic E-state index is 0.00862. The molecule has 1 aromatic heterocycles. The fourth-order valence-electron chi connectivity index (χ4n) is 2.55. The first-order valence-electron chi connectivity index (χ1n) is 8.65. The van der Waals surface area contributed by atoms with Gasteiger partial charge < -0.3 is 5.73 Å². The lowest BCUT2D eigenvalue weighted by Gasteiger charge is -2.15. The van der Waals surface area contributed by atoms with Crippen LogP contribution in [0.4, 0.5) is 14.6 Å². The van der Waals surface area contributed by atoms with E-state index >= 15 is 0 Å². The average Bonchev–Trinajstić information content (AvgIpc) is 3.20. The smallest absolute Gasteiger partial charge is 0.184 e. The molecule has 0 amide bonds. The van der Waals surface area contributed by atoms with E-state index < -0.39 is 11.6 Å². The molecule has 1 aliphatic rings. The van der Waals surface area contributed by atoms with Gasteiger partial charge in [-0.25, -0.2) is 18.7 Å². The lowest BCUT2D eigenvalue weighted by molar-refractivity contribution is -0.111. The Hall–Kier alpha value is -2.81. The third-order valence-electron chi connectivity index (χ3n) is 4.00. The molecule has 1 fully saturated rings. The molecule has 0 unspecified atom stereocenters. The van der Waals surface area contributed by atoms with Gasteiger partial charge in [-0.2, -0.15) is 0 Å². The molecule has 1 aromatic carbocycles. The number of allylic oxidation sites excluding steroid dienone is 1. The second-order valence-corrected chi connectivity index (χ2v) is 7.21. The van der Waals surface area contributed by atoms with Crippen LogP contribution >= 0.6 is 11.9 Å². The number of carbonyl (C=O) groups excluding carboxylic acids is 1. The minimum Gasteiger partial charge on any atom is -0.396 e. The number of hydrogen-bond acceptors (Lipinski definition) is 7. The van der Waals surface area contributed by atoms with Gasteiger partial charge in [0.25, 0.3) is 0 Å².